The second kappa shape index (κ2) is 7.32. The standard InChI is InChI=1S/C19H20O2S/c1-4-14-19(18(20)21-3,16-11-6-5-7-12-16)22-17-13-9-8-10-15(17)2/h4-13H,1,14H2,2-3H3. The van der Waals surface area contributed by atoms with Crippen LogP contribution in [0, 0.1) is 6.92 Å². The molecule has 0 saturated carbocycles. The Labute approximate surface area is 136 Å². The molecule has 2 aromatic rings. The van der Waals surface area contributed by atoms with E-state index in [1.165, 1.54) is 18.9 Å². The minimum Gasteiger partial charge on any atom is -0.468 e. The summed E-state index contributed by atoms with van der Waals surface area (Å²) in [6, 6.07) is 17.8. The van der Waals surface area contributed by atoms with Crippen LogP contribution in [0.25, 0.3) is 0 Å². The summed E-state index contributed by atoms with van der Waals surface area (Å²) >= 11 is 1.53. The summed E-state index contributed by atoms with van der Waals surface area (Å²) in [5.74, 6) is -0.258. The van der Waals surface area contributed by atoms with E-state index in [1.54, 1.807) is 6.08 Å². The topological polar surface area (TPSA) is 26.3 Å². The van der Waals surface area contributed by atoms with E-state index in [9.17, 15) is 4.79 Å². The van der Waals surface area contributed by atoms with Gasteiger partial charge in [-0.1, -0.05) is 54.6 Å². The van der Waals surface area contributed by atoms with E-state index in [4.69, 9.17) is 4.74 Å². The Morgan fingerprint density at radius 2 is 1.82 bits per heavy atom. The maximum absolute atomic E-state index is 12.6. The highest BCUT2D eigenvalue weighted by molar-refractivity contribution is 8.01. The molecule has 2 nitrogen and oxygen atoms in total. The molecule has 0 saturated heterocycles. The highest BCUT2D eigenvalue weighted by Crippen LogP contribution is 2.46. The van der Waals surface area contributed by atoms with Crippen molar-refractivity contribution in [1.29, 1.82) is 0 Å². The van der Waals surface area contributed by atoms with Crippen LogP contribution in [0.3, 0.4) is 0 Å². The number of carbonyl (C=O) groups excluding carboxylic acids is 1. The molecule has 0 aliphatic carbocycles. The van der Waals surface area contributed by atoms with Crippen molar-refractivity contribution in [1.82, 2.24) is 0 Å². The van der Waals surface area contributed by atoms with Gasteiger partial charge in [0, 0.05) is 4.90 Å². The largest absolute Gasteiger partial charge is 0.468 e. The zero-order chi connectivity index (χ0) is 16.0. The lowest BCUT2D eigenvalue weighted by molar-refractivity contribution is -0.143. The van der Waals surface area contributed by atoms with Crippen LogP contribution >= 0.6 is 11.8 Å². The minimum absolute atomic E-state index is 0.258. The molecule has 2 rings (SSSR count). The first kappa shape index (κ1) is 16.4. The van der Waals surface area contributed by atoms with E-state index < -0.39 is 4.75 Å². The van der Waals surface area contributed by atoms with Crippen molar-refractivity contribution in [2.45, 2.75) is 23.0 Å². The van der Waals surface area contributed by atoms with Gasteiger partial charge < -0.3 is 4.74 Å². The fraction of sp³-hybridized carbons (Fsp3) is 0.211. The van der Waals surface area contributed by atoms with Crippen molar-refractivity contribution in [2.24, 2.45) is 0 Å². The normalized spacial score (nSPS) is 13.2. The minimum atomic E-state index is -0.816. The predicted molar refractivity (Wildman–Crippen MR) is 92.0 cm³/mol. The van der Waals surface area contributed by atoms with Crippen LogP contribution < -0.4 is 0 Å². The molecule has 0 heterocycles. The van der Waals surface area contributed by atoms with Crippen LogP contribution in [0.5, 0.6) is 0 Å². The van der Waals surface area contributed by atoms with Crippen molar-refractivity contribution in [3.8, 4) is 0 Å². The summed E-state index contributed by atoms with van der Waals surface area (Å²) in [7, 11) is 1.43. The lowest BCUT2D eigenvalue weighted by Gasteiger charge is -2.30. The quantitative estimate of drug-likeness (QED) is 0.438. The summed E-state index contributed by atoms with van der Waals surface area (Å²) in [4.78, 5) is 13.7. The molecule has 1 atom stereocenters. The van der Waals surface area contributed by atoms with Gasteiger partial charge in [0.05, 0.1) is 7.11 Å². The van der Waals surface area contributed by atoms with E-state index in [0.29, 0.717) is 6.42 Å². The Hall–Kier alpha value is -2.00. The summed E-state index contributed by atoms with van der Waals surface area (Å²) in [5, 5.41) is 0. The first-order valence-electron chi connectivity index (χ1n) is 7.13. The van der Waals surface area contributed by atoms with Gasteiger partial charge in [-0.05, 0) is 30.5 Å². The molecule has 0 aliphatic rings. The molecule has 2 aromatic carbocycles. The molecule has 0 radical (unpaired) electrons. The van der Waals surface area contributed by atoms with Crippen molar-refractivity contribution in [3.05, 3.63) is 78.4 Å². The fourth-order valence-electron chi connectivity index (χ4n) is 2.40. The third-order valence-corrected chi connectivity index (χ3v) is 5.16. The molecule has 0 amide bonds. The van der Waals surface area contributed by atoms with Crippen molar-refractivity contribution < 1.29 is 9.53 Å². The van der Waals surface area contributed by atoms with E-state index in [1.807, 2.05) is 61.5 Å². The van der Waals surface area contributed by atoms with Crippen LogP contribution in [0.4, 0.5) is 0 Å². The molecule has 0 fully saturated rings. The molecule has 0 aromatic heterocycles. The van der Waals surface area contributed by atoms with Crippen LogP contribution in [0.15, 0.2) is 72.1 Å². The van der Waals surface area contributed by atoms with Gasteiger partial charge in [-0.25, -0.2) is 0 Å². The second-order valence-corrected chi connectivity index (χ2v) is 6.39. The SMILES string of the molecule is C=CCC(Sc1ccccc1C)(C(=O)OC)c1ccccc1. The number of esters is 1. The zero-order valence-electron chi connectivity index (χ0n) is 12.9. The van der Waals surface area contributed by atoms with Gasteiger partial charge in [0.1, 0.15) is 4.75 Å². The monoisotopic (exact) mass is 312 g/mol. The van der Waals surface area contributed by atoms with E-state index >= 15 is 0 Å². The summed E-state index contributed by atoms with van der Waals surface area (Å²) in [5.41, 5.74) is 2.07. The smallest absolute Gasteiger partial charge is 0.327 e. The van der Waals surface area contributed by atoms with Crippen LogP contribution in [0.2, 0.25) is 0 Å². The summed E-state index contributed by atoms with van der Waals surface area (Å²) < 4.78 is 4.31. The predicted octanol–water partition coefficient (Wildman–Crippen LogP) is 4.73. The summed E-state index contributed by atoms with van der Waals surface area (Å²) in [6.45, 7) is 5.88. The van der Waals surface area contributed by atoms with Crippen LogP contribution in [0.1, 0.15) is 17.5 Å². The first-order chi connectivity index (χ1) is 10.6. The van der Waals surface area contributed by atoms with Crippen LogP contribution in [-0.2, 0) is 14.3 Å². The maximum Gasteiger partial charge on any atom is 0.327 e. The van der Waals surface area contributed by atoms with E-state index in [-0.39, 0.29) is 5.97 Å². The molecular formula is C19H20O2S. The Kier molecular flexibility index (Phi) is 5.45. The maximum atomic E-state index is 12.6. The van der Waals surface area contributed by atoms with Gasteiger partial charge >= 0.3 is 5.97 Å². The Bertz CT molecular complexity index is 651. The van der Waals surface area contributed by atoms with E-state index in [2.05, 4.69) is 6.58 Å². The number of carbonyl (C=O) groups is 1. The second-order valence-electron chi connectivity index (χ2n) is 5.04. The Balaban J connectivity index is 2.55. The molecule has 0 spiro atoms. The fourth-order valence-corrected chi connectivity index (χ4v) is 3.77. The molecule has 114 valence electrons. The highest BCUT2D eigenvalue weighted by Gasteiger charge is 2.41. The van der Waals surface area contributed by atoms with Crippen molar-refractivity contribution >= 4 is 17.7 Å². The lowest BCUT2D eigenvalue weighted by Crippen LogP contribution is -2.33. The third-order valence-electron chi connectivity index (χ3n) is 3.56. The van der Waals surface area contributed by atoms with Crippen molar-refractivity contribution in [3.63, 3.8) is 0 Å². The molecule has 0 N–H and O–H groups in total. The number of hydrogen-bond acceptors (Lipinski definition) is 3. The summed E-state index contributed by atoms with van der Waals surface area (Å²) in [6.07, 6.45) is 2.28. The van der Waals surface area contributed by atoms with Gasteiger partial charge in [-0.15, -0.1) is 18.3 Å². The molecule has 3 heteroatoms. The molecule has 0 aliphatic heterocycles. The van der Waals surface area contributed by atoms with Crippen molar-refractivity contribution in [2.75, 3.05) is 7.11 Å². The Morgan fingerprint density at radius 1 is 1.18 bits per heavy atom. The number of hydrogen-bond donors (Lipinski definition) is 0. The average molecular weight is 312 g/mol. The average Bonchev–Trinajstić information content (AvgIpc) is 2.56. The number of allylic oxidation sites excluding steroid dienone is 1. The zero-order valence-corrected chi connectivity index (χ0v) is 13.7. The van der Waals surface area contributed by atoms with Gasteiger partial charge in [0.25, 0.3) is 0 Å². The van der Waals surface area contributed by atoms with E-state index in [0.717, 1.165) is 16.0 Å². The van der Waals surface area contributed by atoms with Gasteiger partial charge in [-0.3, -0.25) is 4.79 Å². The number of aryl methyl sites for hydroxylation is 1. The van der Waals surface area contributed by atoms with Gasteiger partial charge in [0.15, 0.2) is 0 Å². The first-order valence-corrected chi connectivity index (χ1v) is 7.95. The number of thioether (sulfide) groups is 1. The third kappa shape index (κ3) is 3.25. The Morgan fingerprint density at radius 3 is 2.41 bits per heavy atom. The number of benzene rings is 2. The van der Waals surface area contributed by atoms with Crippen LogP contribution in [-0.4, -0.2) is 13.1 Å². The number of ether oxygens (including phenoxy) is 1. The van der Waals surface area contributed by atoms with Gasteiger partial charge in [0.2, 0.25) is 0 Å². The molecule has 0 bridgehead atoms. The lowest BCUT2D eigenvalue weighted by atomic mass is 9.94. The number of methoxy groups -OCH3 is 1. The molecule has 1 unspecified atom stereocenters. The molecular weight excluding hydrogens is 292 g/mol. The molecule has 22 heavy (non-hydrogen) atoms. The number of rotatable bonds is 6. The highest BCUT2D eigenvalue weighted by atomic mass is 32.2. The van der Waals surface area contributed by atoms with Gasteiger partial charge in [-0.2, -0.15) is 0 Å².